The van der Waals surface area contributed by atoms with E-state index in [1.807, 2.05) is 12.5 Å². The highest BCUT2D eigenvalue weighted by Gasteiger charge is 2.24. The van der Waals surface area contributed by atoms with E-state index in [0.29, 0.717) is 6.04 Å². The summed E-state index contributed by atoms with van der Waals surface area (Å²) in [6, 6.07) is 0.710. The van der Waals surface area contributed by atoms with Crippen molar-refractivity contribution in [2.24, 2.45) is 0 Å². The van der Waals surface area contributed by atoms with Gasteiger partial charge in [-0.25, -0.2) is 4.98 Å². The minimum atomic E-state index is 0.710. The molecule has 1 fully saturated rings. The Balaban J connectivity index is 1.83. The van der Waals surface area contributed by atoms with Crippen molar-refractivity contribution in [1.82, 2.24) is 14.9 Å². The molecule has 0 atom stereocenters. The van der Waals surface area contributed by atoms with Gasteiger partial charge in [-0.05, 0) is 12.8 Å². The van der Waals surface area contributed by atoms with Crippen molar-refractivity contribution in [3.8, 4) is 12.3 Å². The summed E-state index contributed by atoms with van der Waals surface area (Å²) < 4.78 is 2.27. The second kappa shape index (κ2) is 4.30. The molecule has 74 valence electrons. The van der Waals surface area contributed by atoms with Gasteiger partial charge in [0.2, 0.25) is 0 Å². The molecule has 1 aromatic heterocycles. The first-order valence-electron chi connectivity index (χ1n) is 5.06. The second-order valence-electron chi connectivity index (χ2n) is 3.65. The maximum atomic E-state index is 5.17. The summed E-state index contributed by atoms with van der Waals surface area (Å²) in [5.41, 5.74) is 1.27. The highest BCUT2D eigenvalue weighted by molar-refractivity contribution is 5.03. The van der Waals surface area contributed by atoms with Crippen LogP contribution in [0, 0.1) is 12.3 Å². The van der Waals surface area contributed by atoms with Crippen LogP contribution >= 0.6 is 0 Å². The average Bonchev–Trinajstić information content (AvgIpc) is 2.94. The first kappa shape index (κ1) is 9.29. The lowest BCUT2D eigenvalue weighted by molar-refractivity contribution is 0.626. The molecule has 1 saturated carbocycles. The summed E-state index contributed by atoms with van der Waals surface area (Å²) in [4.78, 5) is 4.16. The van der Waals surface area contributed by atoms with Crippen molar-refractivity contribution in [2.45, 2.75) is 31.8 Å². The SMILES string of the molecule is C#CCCNCc1cncn1C1CC1. The summed E-state index contributed by atoms with van der Waals surface area (Å²) in [5.74, 6) is 2.61. The summed E-state index contributed by atoms with van der Waals surface area (Å²) in [5, 5.41) is 3.31. The van der Waals surface area contributed by atoms with Crippen LogP contribution in [0.25, 0.3) is 0 Å². The van der Waals surface area contributed by atoms with Crippen molar-refractivity contribution in [2.75, 3.05) is 6.54 Å². The Morgan fingerprint density at radius 3 is 3.21 bits per heavy atom. The van der Waals surface area contributed by atoms with E-state index in [4.69, 9.17) is 6.42 Å². The third kappa shape index (κ3) is 2.15. The highest BCUT2D eigenvalue weighted by Crippen LogP contribution is 2.35. The lowest BCUT2D eigenvalue weighted by Crippen LogP contribution is -2.16. The Hall–Kier alpha value is -1.27. The maximum absolute atomic E-state index is 5.17. The quantitative estimate of drug-likeness (QED) is 0.559. The molecule has 3 nitrogen and oxygen atoms in total. The predicted octanol–water partition coefficient (Wildman–Crippen LogP) is 1.33. The molecule has 1 aromatic rings. The third-order valence-electron chi connectivity index (χ3n) is 2.44. The molecular formula is C11H15N3. The summed E-state index contributed by atoms with van der Waals surface area (Å²) >= 11 is 0. The van der Waals surface area contributed by atoms with Crippen LogP contribution in [0.1, 0.15) is 31.0 Å². The number of nitrogens with one attached hydrogen (secondary N) is 1. The van der Waals surface area contributed by atoms with Gasteiger partial charge in [0, 0.05) is 31.7 Å². The smallest absolute Gasteiger partial charge is 0.0951 e. The van der Waals surface area contributed by atoms with Crippen molar-refractivity contribution in [3.63, 3.8) is 0 Å². The van der Waals surface area contributed by atoms with Gasteiger partial charge in [-0.1, -0.05) is 0 Å². The topological polar surface area (TPSA) is 29.9 Å². The zero-order valence-corrected chi connectivity index (χ0v) is 8.24. The lowest BCUT2D eigenvalue weighted by Gasteiger charge is -2.06. The molecule has 3 heteroatoms. The van der Waals surface area contributed by atoms with Crippen molar-refractivity contribution in [1.29, 1.82) is 0 Å². The van der Waals surface area contributed by atoms with Gasteiger partial charge in [0.25, 0.3) is 0 Å². The number of nitrogens with zero attached hydrogens (tertiary/aromatic N) is 2. The van der Waals surface area contributed by atoms with Crippen LogP contribution in [0.3, 0.4) is 0 Å². The molecule has 1 aliphatic carbocycles. The molecule has 14 heavy (non-hydrogen) atoms. The normalized spacial score (nSPS) is 15.4. The van der Waals surface area contributed by atoms with E-state index < -0.39 is 0 Å². The Bertz CT molecular complexity index is 331. The standard InChI is InChI=1S/C11H15N3/c1-2-3-6-12-7-11-8-13-9-14(11)10-4-5-10/h1,8-10,12H,3-7H2. The fourth-order valence-electron chi connectivity index (χ4n) is 1.53. The first-order valence-corrected chi connectivity index (χ1v) is 5.06. The molecule has 0 aromatic carbocycles. The molecule has 0 aliphatic heterocycles. The van der Waals surface area contributed by atoms with Gasteiger partial charge in [0.15, 0.2) is 0 Å². The molecule has 2 rings (SSSR count). The van der Waals surface area contributed by atoms with Crippen LogP contribution in [0.5, 0.6) is 0 Å². The molecule has 0 unspecified atom stereocenters. The van der Waals surface area contributed by atoms with E-state index in [2.05, 4.69) is 20.8 Å². The van der Waals surface area contributed by atoms with Crippen LogP contribution in [-0.2, 0) is 6.54 Å². The Morgan fingerprint density at radius 2 is 2.50 bits per heavy atom. The molecule has 0 saturated heterocycles. The Morgan fingerprint density at radius 1 is 1.64 bits per heavy atom. The fraction of sp³-hybridized carbons (Fsp3) is 0.545. The van der Waals surface area contributed by atoms with E-state index in [-0.39, 0.29) is 0 Å². The fourth-order valence-corrected chi connectivity index (χ4v) is 1.53. The van der Waals surface area contributed by atoms with Gasteiger partial charge in [-0.2, -0.15) is 0 Å². The number of imidazole rings is 1. The summed E-state index contributed by atoms with van der Waals surface area (Å²) in [7, 11) is 0. The summed E-state index contributed by atoms with van der Waals surface area (Å²) in [6.45, 7) is 1.75. The van der Waals surface area contributed by atoms with Crippen LogP contribution in [0.4, 0.5) is 0 Å². The van der Waals surface area contributed by atoms with Crippen LogP contribution in [0.2, 0.25) is 0 Å². The van der Waals surface area contributed by atoms with Crippen LogP contribution < -0.4 is 5.32 Å². The van der Waals surface area contributed by atoms with E-state index in [9.17, 15) is 0 Å². The van der Waals surface area contributed by atoms with E-state index >= 15 is 0 Å². The molecule has 0 radical (unpaired) electrons. The van der Waals surface area contributed by atoms with Crippen molar-refractivity contribution < 1.29 is 0 Å². The average molecular weight is 189 g/mol. The monoisotopic (exact) mass is 189 g/mol. The van der Waals surface area contributed by atoms with Gasteiger partial charge in [0.1, 0.15) is 0 Å². The van der Waals surface area contributed by atoms with E-state index in [0.717, 1.165) is 19.5 Å². The number of hydrogen-bond donors (Lipinski definition) is 1. The molecule has 1 heterocycles. The minimum absolute atomic E-state index is 0.710. The van der Waals surface area contributed by atoms with Gasteiger partial charge in [-0.15, -0.1) is 12.3 Å². The first-order chi connectivity index (χ1) is 6.92. The molecule has 0 spiro atoms. The molecule has 0 amide bonds. The summed E-state index contributed by atoms with van der Waals surface area (Å²) in [6.07, 6.45) is 12.4. The highest BCUT2D eigenvalue weighted by atomic mass is 15.1. The zero-order chi connectivity index (χ0) is 9.80. The van der Waals surface area contributed by atoms with Crippen molar-refractivity contribution in [3.05, 3.63) is 18.2 Å². The number of terminal acetylenes is 1. The Labute approximate surface area is 84.5 Å². The number of aromatic nitrogens is 2. The second-order valence-corrected chi connectivity index (χ2v) is 3.65. The molecule has 0 bridgehead atoms. The largest absolute Gasteiger partial charge is 0.330 e. The number of hydrogen-bond acceptors (Lipinski definition) is 2. The maximum Gasteiger partial charge on any atom is 0.0951 e. The predicted molar refractivity (Wildman–Crippen MR) is 55.7 cm³/mol. The Kier molecular flexibility index (Phi) is 2.85. The van der Waals surface area contributed by atoms with Crippen LogP contribution in [-0.4, -0.2) is 16.1 Å². The minimum Gasteiger partial charge on any atom is -0.330 e. The van der Waals surface area contributed by atoms with Crippen molar-refractivity contribution >= 4 is 0 Å². The molecular weight excluding hydrogens is 174 g/mol. The van der Waals surface area contributed by atoms with Gasteiger partial charge in [-0.3, -0.25) is 0 Å². The van der Waals surface area contributed by atoms with Gasteiger partial charge >= 0.3 is 0 Å². The van der Waals surface area contributed by atoms with Gasteiger partial charge in [0.05, 0.1) is 12.0 Å². The zero-order valence-electron chi connectivity index (χ0n) is 8.24. The van der Waals surface area contributed by atoms with E-state index in [1.54, 1.807) is 0 Å². The van der Waals surface area contributed by atoms with Gasteiger partial charge < -0.3 is 9.88 Å². The van der Waals surface area contributed by atoms with E-state index in [1.165, 1.54) is 18.5 Å². The molecule has 1 aliphatic rings. The third-order valence-corrected chi connectivity index (χ3v) is 2.44. The lowest BCUT2D eigenvalue weighted by atomic mass is 10.4. The number of rotatable bonds is 5. The van der Waals surface area contributed by atoms with Crippen LogP contribution in [0.15, 0.2) is 12.5 Å². The molecule has 1 N–H and O–H groups in total.